The second-order valence-electron chi connectivity index (χ2n) is 4.50. The molecule has 2 amide bonds. The average Bonchev–Trinajstić information content (AvgIpc) is 2.90. The van der Waals surface area contributed by atoms with Gasteiger partial charge in [-0.25, -0.2) is 0 Å². The highest BCUT2D eigenvalue weighted by atomic mass is 16.2. The zero-order chi connectivity index (χ0) is 13.0. The Bertz CT molecular complexity index is 425. The van der Waals surface area contributed by atoms with Crippen LogP contribution in [0.2, 0.25) is 0 Å². The Morgan fingerprint density at radius 3 is 2.94 bits per heavy atom. The van der Waals surface area contributed by atoms with Crippen LogP contribution in [0.25, 0.3) is 0 Å². The van der Waals surface area contributed by atoms with Crippen LogP contribution < -0.4 is 5.32 Å². The molecule has 4 nitrogen and oxygen atoms in total. The third-order valence-corrected chi connectivity index (χ3v) is 3.12. The van der Waals surface area contributed by atoms with Crippen molar-refractivity contribution in [2.45, 2.75) is 32.4 Å². The molecule has 1 unspecified atom stereocenters. The molecule has 1 aromatic rings. The summed E-state index contributed by atoms with van der Waals surface area (Å²) < 4.78 is 0. The molecule has 1 aliphatic rings. The maximum atomic E-state index is 12.2. The van der Waals surface area contributed by atoms with Crippen LogP contribution in [0, 0.1) is 6.07 Å². The Kier molecular flexibility index (Phi) is 4.10. The number of imide groups is 1. The lowest BCUT2D eigenvalue weighted by molar-refractivity contribution is -0.145. The molecule has 1 atom stereocenters. The highest BCUT2D eigenvalue weighted by Gasteiger charge is 2.28. The largest absolute Gasteiger partial charge is 0.306 e. The molecule has 0 aromatic heterocycles. The van der Waals surface area contributed by atoms with Crippen molar-refractivity contribution in [2.24, 2.45) is 0 Å². The van der Waals surface area contributed by atoms with E-state index in [1.54, 1.807) is 12.1 Å². The minimum absolute atomic E-state index is 0.121. The number of nitrogens with one attached hydrogen (secondary N) is 1. The first-order valence-corrected chi connectivity index (χ1v) is 6.19. The van der Waals surface area contributed by atoms with Crippen molar-refractivity contribution in [3.63, 3.8) is 0 Å². The first kappa shape index (κ1) is 12.8. The first-order valence-electron chi connectivity index (χ1n) is 6.19. The minimum atomic E-state index is -0.211. The van der Waals surface area contributed by atoms with Gasteiger partial charge in [0.2, 0.25) is 11.8 Å². The number of rotatable bonds is 3. The number of carbonyl (C=O) groups excluding carboxylic acids is 2. The first-order chi connectivity index (χ1) is 8.68. The summed E-state index contributed by atoms with van der Waals surface area (Å²) in [7, 11) is 0. The Labute approximate surface area is 107 Å². The van der Waals surface area contributed by atoms with E-state index >= 15 is 0 Å². The number of benzene rings is 1. The molecule has 0 bridgehead atoms. The summed E-state index contributed by atoms with van der Waals surface area (Å²) in [6.07, 6.45) is 1.80. The van der Waals surface area contributed by atoms with Gasteiger partial charge in [0.25, 0.3) is 0 Å². The molecule has 1 saturated heterocycles. The summed E-state index contributed by atoms with van der Waals surface area (Å²) in [6, 6.07) is 10.1. The molecule has 1 aliphatic heterocycles. The van der Waals surface area contributed by atoms with Crippen LogP contribution in [0.4, 0.5) is 0 Å². The summed E-state index contributed by atoms with van der Waals surface area (Å²) >= 11 is 0. The zero-order valence-electron chi connectivity index (χ0n) is 10.5. The number of nitrogens with zero attached hydrogens (tertiary/aromatic N) is 1. The van der Waals surface area contributed by atoms with Gasteiger partial charge in [-0.2, -0.15) is 0 Å². The maximum absolute atomic E-state index is 12.2. The Balaban J connectivity index is 2.08. The molecule has 0 spiro atoms. The van der Waals surface area contributed by atoms with Crippen LogP contribution in [0.5, 0.6) is 0 Å². The molecule has 1 N–H and O–H groups in total. The van der Waals surface area contributed by atoms with E-state index in [0.717, 1.165) is 24.9 Å². The fourth-order valence-electron chi connectivity index (χ4n) is 2.14. The Morgan fingerprint density at radius 2 is 2.39 bits per heavy atom. The lowest BCUT2D eigenvalue weighted by atomic mass is 10.1. The van der Waals surface area contributed by atoms with Crippen molar-refractivity contribution in [1.29, 1.82) is 0 Å². The number of hydrogen-bond acceptors (Lipinski definition) is 3. The smallest absolute Gasteiger partial charge is 0.246 e. The maximum Gasteiger partial charge on any atom is 0.246 e. The fourth-order valence-corrected chi connectivity index (χ4v) is 2.14. The quantitative estimate of drug-likeness (QED) is 0.868. The van der Waals surface area contributed by atoms with Crippen LogP contribution in [-0.4, -0.2) is 29.3 Å². The molecule has 1 radical (unpaired) electrons. The van der Waals surface area contributed by atoms with E-state index in [9.17, 15) is 9.59 Å². The van der Waals surface area contributed by atoms with Gasteiger partial charge in [-0.1, -0.05) is 18.2 Å². The van der Waals surface area contributed by atoms with Crippen LogP contribution in [0.3, 0.4) is 0 Å². The normalized spacial score (nSPS) is 18.6. The minimum Gasteiger partial charge on any atom is -0.306 e. The molecule has 18 heavy (non-hydrogen) atoms. The van der Waals surface area contributed by atoms with Crippen LogP contribution >= 0.6 is 0 Å². The van der Waals surface area contributed by atoms with E-state index in [0.29, 0.717) is 6.54 Å². The fraction of sp³-hybridized carbons (Fsp3) is 0.429. The van der Waals surface area contributed by atoms with Crippen molar-refractivity contribution >= 4 is 11.8 Å². The van der Waals surface area contributed by atoms with Gasteiger partial charge in [-0.15, -0.1) is 0 Å². The molecule has 4 heteroatoms. The predicted molar refractivity (Wildman–Crippen MR) is 67.5 cm³/mol. The van der Waals surface area contributed by atoms with E-state index < -0.39 is 0 Å². The summed E-state index contributed by atoms with van der Waals surface area (Å²) in [6.45, 7) is 2.60. The van der Waals surface area contributed by atoms with Crippen LogP contribution in [0.15, 0.2) is 24.3 Å². The molecule has 0 aliphatic carbocycles. The summed E-state index contributed by atoms with van der Waals surface area (Å²) in [5.41, 5.74) is 0.916. The molecular formula is C14H17N2O2. The third-order valence-electron chi connectivity index (χ3n) is 3.12. The molecule has 1 fully saturated rings. The summed E-state index contributed by atoms with van der Waals surface area (Å²) in [4.78, 5) is 25.1. The zero-order valence-corrected chi connectivity index (χ0v) is 10.5. The van der Waals surface area contributed by atoms with Gasteiger partial charge in [0.15, 0.2) is 0 Å². The second-order valence-corrected chi connectivity index (χ2v) is 4.50. The number of carbonyl (C=O) groups is 2. The van der Waals surface area contributed by atoms with Crippen molar-refractivity contribution in [3.8, 4) is 0 Å². The second kappa shape index (κ2) is 5.78. The van der Waals surface area contributed by atoms with E-state index in [4.69, 9.17) is 0 Å². The molecule has 95 valence electrons. The van der Waals surface area contributed by atoms with E-state index in [-0.39, 0.29) is 17.9 Å². The topological polar surface area (TPSA) is 49.4 Å². The summed E-state index contributed by atoms with van der Waals surface area (Å²) in [5, 5.41) is 3.13. The van der Waals surface area contributed by atoms with Crippen LogP contribution in [0.1, 0.15) is 25.3 Å². The molecule has 1 aromatic carbocycles. The van der Waals surface area contributed by atoms with Crippen LogP contribution in [-0.2, 0) is 16.1 Å². The molecular weight excluding hydrogens is 228 g/mol. The van der Waals surface area contributed by atoms with Crippen molar-refractivity contribution in [1.82, 2.24) is 10.2 Å². The molecule has 2 rings (SSSR count). The monoisotopic (exact) mass is 245 g/mol. The van der Waals surface area contributed by atoms with Crippen molar-refractivity contribution in [3.05, 3.63) is 35.9 Å². The van der Waals surface area contributed by atoms with E-state index in [1.165, 1.54) is 11.8 Å². The predicted octanol–water partition coefficient (Wildman–Crippen LogP) is 1.11. The van der Waals surface area contributed by atoms with Gasteiger partial charge in [-0.3, -0.25) is 14.5 Å². The summed E-state index contributed by atoms with van der Waals surface area (Å²) in [5.74, 6) is -0.332. The Morgan fingerprint density at radius 1 is 1.56 bits per heavy atom. The number of hydrogen-bond donors (Lipinski definition) is 1. The van der Waals surface area contributed by atoms with E-state index in [1.807, 2.05) is 12.1 Å². The van der Waals surface area contributed by atoms with Gasteiger partial charge < -0.3 is 5.32 Å². The number of amides is 2. The van der Waals surface area contributed by atoms with Gasteiger partial charge in [0.1, 0.15) is 0 Å². The van der Waals surface area contributed by atoms with Gasteiger partial charge >= 0.3 is 0 Å². The van der Waals surface area contributed by atoms with Gasteiger partial charge in [0, 0.05) is 6.92 Å². The third kappa shape index (κ3) is 2.96. The molecule has 0 saturated carbocycles. The lowest BCUT2D eigenvalue weighted by Crippen LogP contribution is -2.45. The van der Waals surface area contributed by atoms with Gasteiger partial charge in [-0.05, 0) is 37.1 Å². The molecule has 1 heterocycles. The Hall–Kier alpha value is -1.68. The van der Waals surface area contributed by atoms with Crippen molar-refractivity contribution < 1.29 is 9.59 Å². The lowest BCUT2D eigenvalue weighted by Gasteiger charge is -2.22. The SMILES string of the molecule is CC(=O)N(Cc1c[c]ccc1)C(=O)C1CCCN1. The standard InChI is InChI=1S/C14H17N2O2/c1-11(17)16(10-12-6-3-2-4-7-12)14(18)13-8-5-9-15-13/h2-3,6-7,13,15H,5,8-10H2,1H3. The van der Waals surface area contributed by atoms with Crippen molar-refractivity contribution in [2.75, 3.05) is 6.54 Å². The average molecular weight is 245 g/mol. The van der Waals surface area contributed by atoms with E-state index in [2.05, 4.69) is 11.4 Å². The highest BCUT2D eigenvalue weighted by Crippen LogP contribution is 2.12. The van der Waals surface area contributed by atoms with Gasteiger partial charge in [0.05, 0.1) is 12.6 Å². The highest BCUT2D eigenvalue weighted by molar-refractivity contribution is 5.96.